The summed E-state index contributed by atoms with van der Waals surface area (Å²) in [4.78, 5) is 21.0. The lowest BCUT2D eigenvalue weighted by molar-refractivity contribution is 0.208. The van der Waals surface area contributed by atoms with Crippen LogP contribution < -0.4 is 10.2 Å². The summed E-state index contributed by atoms with van der Waals surface area (Å²) in [5.41, 5.74) is 2.49. The summed E-state index contributed by atoms with van der Waals surface area (Å²) < 4.78 is 0. The Morgan fingerprint density at radius 3 is 2.58 bits per heavy atom. The number of phenolic OH excluding ortho intramolecular Hbond substituents is 1. The zero-order valence-electron chi connectivity index (χ0n) is 14.3. The van der Waals surface area contributed by atoms with Crippen molar-refractivity contribution in [3.63, 3.8) is 0 Å². The molecule has 0 spiro atoms. The molecule has 0 aliphatic carbocycles. The Balaban J connectivity index is 1.42. The molecule has 2 N–H and O–H groups in total. The third-order valence-electron chi connectivity index (χ3n) is 4.64. The Labute approximate surface area is 151 Å². The first-order chi connectivity index (χ1) is 12.7. The van der Waals surface area contributed by atoms with Gasteiger partial charge < -0.3 is 20.2 Å². The highest BCUT2D eigenvalue weighted by Gasteiger charge is 2.22. The fraction of sp³-hybridized carbons (Fsp3) is 0.200. The minimum absolute atomic E-state index is 0.112. The van der Waals surface area contributed by atoms with E-state index in [-0.39, 0.29) is 11.8 Å². The number of hydrogen-bond donors (Lipinski definition) is 2. The minimum Gasteiger partial charge on any atom is -0.508 e. The lowest BCUT2D eigenvalue weighted by Crippen LogP contribution is -2.50. The number of benzene rings is 2. The van der Waals surface area contributed by atoms with Crippen molar-refractivity contribution in [2.75, 3.05) is 36.4 Å². The molecule has 26 heavy (non-hydrogen) atoms. The molecule has 0 bridgehead atoms. The van der Waals surface area contributed by atoms with Crippen LogP contribution in [0.1, 0.15) is 0 Å². The molecule has 1 fully saturated rings. The molecule has 1 aromatic heterocycles. The van der Waals surface area contributed by atoms with Gasteiger partial charge in [0.25, 0.3) is 0 Å². The normalized spacial score (nSPS) is 14.5. The molecule has 3 aromatic rings. The maximum Gasteiger partial charge on any atom is 0.322 e. The number of phenols is 1. The van der Waals surface area contributed by atoms with Gasteiger partial charge in [0.05, 0.1) is 11.2 Å². The van der Waals surface area contributed by atoms with Gasteiger partial charge in [-0.05, 0) is 24.3 Å². The molecule has 132 valence electrons. The molecule has 1 saturated heterocycles. The first kappa shape index (κ1) is 16.2. The van der Waals surface area contributed by atoms with E-state index < -0.39 is 0 Å². The van der Waals surface area contributed by atoms with E-state index in [2.05, 4.69) is 15.2 Å². The predicted octanol–water partition coefficient (Wildman–Crippen LogP) is 3.29. The van der Waals surface area contributed by atoms with Gasteiger partial charge in [-0.2, -0.15) is 0 Å². The van der Waals surface area contributed by atoms with E-state index in [1.165, 1.54) is 0 Å². The monoisotopic (exact) mass is 348 g/mol. The molecule has 0 saturated carbocycles. The van der Waals surface area contributed by atoms with Crippen molar-refractivity contribution in [1.82, 2.24) is 9.88 Å². The van der Waals surface area contributed by atoms with Crippen LogP contribution in [0.2, 0.25) is 0 Å². The molecule has 1 aliphatic heterocycles. The number of nitrogens with one attached hydrogen (secondary N) is 1. The van der Waals surface area contributed by atoms with Crippen LogP contribution >= 0.6 is 0 Å². The van der Waals surface area contributed by atoms with Gasteiger partial charge in [-0.1, -0.05) is 24.3 Å². The van der Waals surface area contributed by atoms with Crippen LogP contribution in [-0.2, 0) is 0 Å². The number of piperazine rings is 1. The first-order valence-electron chi connectivity index (χ1n) is 8.64. The summed E-state index contributed by atoms with van der Waals surface area (Å²) in [7, 11) is 0. The molecule has 0 atom stereocenters. The van der Waals surface area contributed by atoms with E-state index in [1.54, 1.807) is 23.2 Å². The van der Waals surface area contributed by atoms with Gasteiger partial charge in [-0.3, -0.25) is 4.98 Å². The molecule has 2 heterocycles. The van der Waals surface area contributed by atoms with Crippen molar-refractivity contribution in [3.05, 3.63) is 60.8 Å². The van der Waals surface area contributed by atoms with Crippen LogP contribution in [0.5, 0.6) is 5.75 Å². The number of rotatable bonds is 2. The van der Waals surface area contributed by atoms with Crippen LogP contribution in [0.3, 0.4) is 0 Å². The second-order valence-corrected chi connectivity index (χ2v) is 6.30. The first-order valence-corrected chi connectivity index (χ1v) is 8.64. The number of para-hydroxylation sites is 1. The molecule has 0 unspecified atom stereocenters. The average molecular weight is 348 g/mol. The number of anilines is 2. The molecular weight excluding hydrogens is 328 g/mol. The van der Waals surface area contributed by atoms with Gasteiger partial charge in [0.1, 0.15) is 5.75 Å². The largest absolute Gasteiger partial charge is 0.508 e. The number of carbonyl (C=O) groups is 1. The van der Waals surface area contributed by atoms with Gasteiger partial charge in [-0.15, -0.1) is 0 Å². The molecule has 0 radical (unpaired) electrons. The van der Waals surface area contributed by atoms with Crippen LogP contribution in [0.4, 0.5) is 16.2 Å². The fourth-order valence-electron chi connectivity index (χ4n) is 3.26. The summed E-state index contributed by atoms with van der Waals surface area (Å²) >= 11 is 0. The van der Waals surface area contributed by atoms with E-state index in [0.717, 1.165) is 35.4 Å². The Morgan fingerprint density at radius 1 is 1.00 bits per heavy atom. The smallest absolute Gasteiger partial charge is 0.322 e. The van der Waals surface area contributed by atoms with E-state index in [9.17, 15) is 9.90 Å². The number of aromatic nitrogens is 1. The highest BCUT2D eigenvalue weighted by molar-refractivity contribution is 5.99. The minimum atomic E-state index is -0.112. The molecule has 6 nitrogen and oxygen atoms in total. The number of carbonyl (C=O) groups excluding carboxylic acids is 1. The highest BCUT2D eigenvalue weighted by atomic mass is 16.3. The van der Waals surface area contributed by atoms with Crippen molar-refractivity contribution in [1.29, 1.82) is 0 Å². The van der Waals surface area contributed by atoms with E-state index in [1.807, 2.05) is 42.5 Å². The van der Waals surface area contributed by atoms with Crippen LogP contribution in [0, 0.1) is 0 Å². The Bertz CT molecular complexity index is 931. The summed E-state index contributed by atoms with van der Waals surface area (Å²) in [5, 5.41) is 13.6. The molecular formula is C20H20N4O2. The SMILES string of the molecule is O=C(Nc1cccc2cccnc12)N1CCN(c2cccc(O)c2)CC1. The summed E-state index contributed by atoms with van der Waals surface area (Å²) in [6.07, 6.45) is 1.73. The van der Waals surface area contributed by atoms with Crippen molar-refractivity contribution in [3.8, 4) is 5.75 Å². The van der Waals surface area contributed by atoms with Crippen LogP contribution in [-0.4, -0.2) is 47.2 Å². The van der Waals surface area contributed by atoms with Crippen molar-refractivity contribution in [2.45, 2.75) is 0 Å². The van der Waals surface area contributed by atoms with Gasteiger partial charge >= 0.3 is 6.03 Å². The molecule has 2 amide bonds. The zero-order valence-corrected chi connectivity index (χ0v) is 14.3. The quantitative estimate of drug-likeness (QED) is 0.746. The number of urea groups is 1. The van der Waals surface area contributed by atoms with Crippen LogP contribution in [0.25, 0.3) is 10.9 Å². The number of nitrogens with zero attached hydrogens (tertiary/aromatic N) is 3. The average Bonchev–Trinajstić information content (AvgIpc) is 2.68. The lowest BCUT2D eigenvalue weighted by atomic mass is 10.2. The molecule has 1 aliphatic rings. The zero-order chi connectivity index (χ0) is 17.9. The maximum absolute atomic E-state index is 12.6. The third kappa shape index (κ3) is 3.26. The van der Waals surface area contributed by atoms with Crippen molar-refractivity contribution in [2.24, 2.45) is 0 Å². The van der Waals surface area contributed by atoms with E-state index in [4.69, 9.17) is 0 Å². The second-order valence-electron chi connectivity index (χ2n) is 6.30. The summed E-state index contributed by atoms with van der Waals surface area (Å²) in [6.45, 7) is 2.70. The van der Waals surface area contributed by atoms with Crippen molar-refractivity contribution < 1.29 is 9.90 Å². The summed E-state index contributed by atoms with van der Waals surface area (Å²) in [6, 6.07) is 16.7. The topological polar surface area (TPSA) is 68.7 Å². The number of aromatic hydroxyl groups is 1. The van der Waals surface area contributed by atoms with Gasteiger partial charge in [0.2, 0.25) is 0 Å². The fourth-order valence-corrected chi connectivity index (χ4v) is 3.26. The highest BCUT2D eigenvalue weighted by Crippen LogP contribution is 2.23. The standard InChI is InChI=1S/C20H20N4O2/c25-17-7-2-6-16(14-17)23-10-12-24(13-11-23)20(26)22-18-8-1-4-15-5-3-9-21-19(15)18/h1-9,14,25H,10-13H2,(H,22,26). The Morgan fingerprint density at radius 2 is 1.77 bits per heavy atom. The lowest BCUT2D eigenvalue weighted by Gasteiger charge is -2.36. The Hall–Kier alpha value is -3.28. The van der Waals surface area contributed by atoms with E-state index in [0.29, 0.717) is 13.1 Å². The van der Waals surface area contributed by atoms with Gasteiger partial charge in [0.15, 0.2) is 0 Å². The summed E-state index contributed by atoms with van der Waals surface area (Å²) in [5.74, 6) is 0.256. The van der Waals surface area contributed by atoms with Crippen molar-refractivity contribution >= 4 is 28.3 Å². The number of hydrogen-bond acceptors (Lipinski definition) is 4. The molecule has 2 aromatic carbocycles. The molecule has 6 heteroatoms. The van der Waals surface area contributed by atoms with Gasteiger partial charge in [0, 0.05) is 49.5 Å². The molecule has 4 rings (SSSR count). The number of amides is 2. The van der Waals surface area contributed by atoms with E-state index >= 15 is 0 Å². The van der Waals surface area contributed by atoms with Gasteiger partial charge in [-0.25, -0.2) is 4.79 Å². The predicted molar refractivity (Wildman–Crippen MR) is 103 cm³/mol. The third-order valence-corrected chi connectivity index (χ3v) is 4.64. The Kier molecular flexibility index (Phi) is 4.31. The second kappa shape index (κ2) is 6.92. The maximum atomic E-state index is 12.6. The number of fused-ring (bicyclic) bond motifs is 1. The number of pyridine rings is 1. The van der Waals surface area contributed by atoms with Crippen LogP contribution in [0.15, 0.2) is 60.8 Å².